The van der Waals surface area contributed by atoms with E-state index in [1.807, 2.05) is 51.1 Å². The van der Waals surface area contributed by atoms with Crippen molar-refractivity contribution in [2.24, 2.45) is 0 Å². The second-order valence-electron chi connectivity index (χ2n) is 7.33. The highest BCUT2D eigenvalue weighted by Gasteiger charge is 2.28. The van der Waals surface area contributed by atoms with Crippen LogP contribution in [0.3, 0.4) is 0 Å². The van der Waals surface area contributed by atoms with Crippen LogP contribution in [0.25, 0.3) is 0 Å². The van der Waals surface area contributed by atoms with Crippen molar-refractivity contribution in [1.29, 1.82) is 0 Å². The third kappa shape index (κ3) is 4.51. The molecule has 0 aliphatic carbocycles. The van der Waals surface area contributed by atoms with Gasteiger partial charge in [0.25, 0.3) is 0 Å². The van der Waals surface area contributed by atoms with Crippen molar-refractivity contribution in [3.63, 3.8) is 0 Å². The van der Waals surface area contributed by atoms with Crippen LogP contribution in [0.15, 0.2) is 59.8 Å². The van der Waals surface area contributed by atoms with Crippen LogP contribution in [-0.2, 0) is 10.2 Å². The Hall–Kier alpha value is -2.87. The summed E-state index contributed by atoms with van der Waals surface area (Å²) in [6, 6.07) is 15.0. The summed E-state index contributed by atoms with van der Waals surface area (Å²) in [5.41, 5.74) is 1.03. The number of nitrogens with zero attached hydrogens (tertiary/aromatic N) is 3. The number of nitrogens with two attached hydrogens (primary N) is 1. The number of anilines is 1. The lowest BCUT2D eigenvalue weighted by molar-refractivity contribution is -0.115. The van der Waals surface area contributed by atoms with Crippen molar-refractivity contribution >= 4 is 23.4 Å². The first-order valence-corrected chi connectivity index (χ1v) is 9.62. The second-order valence-corrected chi connectivity index (χ2v) is 8.40. The quantitative estimate of drug-likeness (QED) is 0.502. The molecule has 146 valence electrons. The number of aromatic nitrogens is 3. The molecule has 3 rings (SSSR count). The molecule has 1 aromatic heterocycles. The van der Waals surface area contributed by atoms with Gasteiger partial charge >= 0.3 is 0 Å². The first-order valence-electron chi connectivity index (χ1n) is 8.74. The van der Waals surface area contributed by atoms with E-state index in [1.54, 1.807) is 0 Å². The molecule has 0 spiro atoms. The molecule has 0 radical (unpaired) electrons. The Kier molecular flexibility index (Phi) is 5.69. The summed E-state index contributed by atoms with van der Waals surface area (Å²) in [6.07, 6.45) is 0. The Bertz CT molecular complexity index is 951. The van der Waals surface area contributed by atoms with Gasteiger partial charge in [0.2, 0.25) is 11.1 Å². The number of nitrogen functional groups attached to an aromatic ring is 1. The van der Waals surface area contributed by atoms with Gasteiger partial charge in [0, 0.05) is 11.1 Å². The predicted octanol–water partition coefficient (Wildman–Crippen LogP) is 3.90. The second kappa shape index (κ2) is 8.02. The molecule has 0 saturated heterocycles. The molecule has 0 aliphatic rings. The van der Waals surface area contributed by atoms with Crippen LogP contribution in [-0.4, -0.2) is 20.8 Å². The van der Waals surface area contributed by atoms with Crippen molar-refractivity contribution in [3.05, 3.63) is 71.8 Å². The van der Waals surface area contributed by atoms with E-state index in [-0.39, 0.29) is 17.1 Å². The van der Waals surface area contributed by atoms with Crippen LogP contribution >= 0.6 is 11.8 Å². The van der Waals surface area contributed by atoms with Gasteiger partial charge in [-0.3, -0.25) is 4.79 Å². The fraction of sp³-hybridized carbons (Fsp3) is 0.250. The third-order valence-corrected chi connectivity index (χ3v) is 5.22. The highest BCUT2D eigenvalue weighted by Crippen LogP contribution is 2.36. The van der Waals surface area contributed by atoms with E-state index in [1.165, 1.54) is 40.7 Å². The van der Waals surface area contributed by atoms with Crippen LogP contribution in [0.1, 0.15) is 37.4 Å². The molecule has 0 bridgehead atoms. The van der Waals surface area contributed by atoms with Gasteiger partial charge in [0.05, 0.1) is 0 Å². The van der Waals surface area contributed by atoms with Gasteiger partial charge in [-0.05, 0) is 29.8 Å². The van der Waals surface area contributed by atoms with Crippen LogP contribution < -0.4 is 11.2 Å². The Morgan fingerprint density at radius 1 is 1.11 bits per heavy atom. The largest absolute Gasteiger partial charge is 0.336 e. The molecule has 6 nitrogen and oxygen atoms in total. The van der Waals surface area contributed by atoms with Gasteiger partial charge in [-0.25, -0.2) is 9.07 Å². The lowest BCUT2D eigenvalue weighted by atomic mass is 9.96. The Morgan fingerprint density at radius 2 is 1.75 bits per heavy atom. The number of halogens is 1. The molecule has 8 heteroatoms. The average molecular weight is 399 g/mol. The lowest BCUT2D eigenvalue weighted by Gasteiger charge is -2.18. The van der Waals surface area contributed by atoms with E-state index in [9.17, 15) is 9.18 Å². The Labute approximate surface area is 167 Å². The molecule has 28 heavy (non-hydrogen) atoms. The first-order chi connectivity index (χ1) is 13.3. The third-order valence-electron chi connectivity index (χ3n) is 4.01. The molecule has 1 amide bonds. The van der Waals surface area contributed by atoms with Gasteiger partial charge in [-0.2, -0.15) is 0 Å². The molecule has 0 unspecified atom stereocenters. The minimum Gasteiger partial charge on any atom is -0.336 e. The number of hydrogen-bond acceptors (Lipinski definition) is 5. The van der Waals surface area contributed by atoms with Gasteiger partial charge in [0.15, 0.2) is 5.82 Å². The maximum atomic E-state index is 13.1. The predicted molar refractivity (Wildman–Crippen MR) is 109 cm³/mol. The minimum absolute atomic E-state index is 0.261. The van der Waals surface area contributed by atoms with E-state index >= 15 is 0 Å². The smallest absolute Gasteiger partial charge is 0.242 e. The van der Waals surface area contributed by atoms with Crippen LogP contribution in [0.5, 0.6) is 0 Å². The van der Waals surface area contributed by atoms with E-state index < -0.39 is 5.25 Å². The van der Waals surface area contributed by atoms with E-state index in [0.29, 0.717) is 16.7 Å². The van der Waals surface area contributed by atoms with Crippen LogP contribution in [0, 0.1) is 5.82 Å². The normalized spacial score (nSPS) is 12.6. The molecule has 0 fully saturated rings. The highest BCUT2D eigenvalue weighted by molar-refractivity contribution is 8.00. The maximum absolute atomic E-state index is 13.1. The molecular formula is C20H22FN5OS. The SMILES string of the molecule is CC(C)(C)c1nnc(S[C@H](C(=O)Nc2ccc(F)cc2)c2ccccc2)n1N. The monoisotopic (exact) mass is 399 g/mol. The fourth-order valence-corrected chi connectivity index (χ4v) is 3.57. The molecule has 2 aromatic carbocycles. The Morgan fingerprint density at radius 3 is 2.32 bits per heavy atom. The number of thioether (sulfide) groups is 1. The number of rotatable bonds is 5. The highest BCUT2D eigenvalue weighted by atomic mass is 32.2. The van der Waals surface area contributed by atoms with Crippen LogP contribution in [0.4, 0.5) is 10.1 Å². The molecule has 3 aromatic rings. The van der Waals surface area contributed by atoms with E-state index in [2.05, 4.69) is 15.5 Å². The number of carbonyl (C=O) groups is 1. The summed E-state index contributed by atoms with van der Waals surface area (Å²) in [7, 11) is 0. The zero-order chi connectivity index (χ0) is 20.3. The van der Waals surface area contributed by atoms with Crippen molar-refractivity contribution in [1.82, 2.24) is 14.9 Å². The standard InChI is InChI=1S/C20H22FN5OS/c1-20(2,3)18-24-25-19(26(18)22)28-16(13-7-5-4-6-8-13)17(27)23-15-11-9-14(21)10-12-15/h4-12,16H,22H2,1-3H3,(H,23,27)/t16-/m0/s1. The zero-order valence-corrected chi connectivity index (χ0v) is 16.7. The van der Waals surface area contributed by atoms with Crippen molar-refractivity contribution in [2.45, 2.75) is 36.6 Å². The summed E-state index contributed by atoms with van der Waals surface area (Å²) < 4.78 is 14.6. The molecule has 3 N–H and O–H groups in total. The van der Waals surface area contributed by atoms with Gasteiger partial charge in [-0.15, -0.1) is 10.2 Å². The lowest BCUT2D eigenvalue weighted by Crippen LogP contribution is -2.25. The van der Waals surface area contributed by atoms with Gasteiger partial charge in [0.1, 0.15) is 11.1 Å². The summed E-state index contributed by atoms with van der Waals surface area (Å²) in [6.45, 7) is 5.97. The van der Waals surface area contributed by atoms with E-state index in [0.717, 1.165) is 5.56 Å². The topological polar surface area (TPSA) is 85.8 Å². The summed E-state index contributed by atoms with van der Waals surface area (Å²) >= 11 is 1.21. The average Bonchev–Trinajstić information content (AvgIpc) is 3.03. The summed E-state index contributed by atoms with van der Waals surface area (Å²) in [5, 5.41) is 11.0. The van der Waals surface area contributed by atoms with Gasteiger partial charge < -0.3 is 11.2 Å². The molecule has 1 atom stereocenters. The number of benzene rings is 2. The molecule has 0 aliphatic heterocycles. The number of carbonyl (C=O) groups excluding carboxylic acids is 1. The van der Waals surface area contributed by atoms with Crippen molar-refractivity contribution in [2.75, 3.05) is 11.2 Å². The summed E-state index contributed by atoms with van der Waals surface area (Å²) in [4.78, 5) is 13.0. The number of nitrogens with one attached hydrogen (secondary N) is 1. The van der Waals surface area contributed by atoms with Crippen LogP contribution in [0.2, 0.25) is 0 Å². The minimum atomic E-state index is -0.606. The molecule has 0 saturated carbocycles. The summed E-state index contributed by atoms with van der Waals surface area (Å²) in [5.74, 6) is 6.18. The van der Waals surface area contributed by atoms with Crippen molar-refractivity contribution in [3.8, 4) is 0 Å². The van der Waals surface area contributed by atoms with Gasteiger partial charge in [-0.1, -0.05) is 62.9 Å². The molecule has 1 heterocycles. The zero-order valence-electron chi connectivity index (χ0n) is 15.9. The maximum Gasteiger partial charge on any atom is 0.242 e. The molecular weight excluding hydrogens is 377 g/mol. The number of amides is 1. The first kappa shape index (κ1) is 19.9. The van der Waals surface area contributed by atoms with Crippen molar-refractivity contribution < 1.29 is 9.18 Å². The Balaban J connectivity index is 1.89. The fourth-order valence-electron chi connectivity index (χ4n) is 2.62. The van der Waals surface area contributed by atoms with E-state index in [4.69, 9.17) is 5.84 Å². The number of hydrogen-bond donors (Lipinski definition) is 2.